The van der Waals surface area contributed by atoms with Gasteiger partial charge in [-0.25, -0.2) is 0 Å². The van der Waals surface area contributed by atoms with E-state index in [2.05, 4.69) is 0 Å². The van der Waals surface area contributed by atoms with Gasteiger partial charge in [0.2, 0.25) is 0 Å². The van der Waals surface area contributed by atoms with Crippen molar-refractivity contribution in [3.8, 4) is 0 Å². The third kappa shape index (κ3) is 2.79. The number of nitro benzene ring substituents is 1. The normalized spacial score (nSPS) is 16.5. The topological polar surface area (TPSA) is 52.4 Å². The number of rotatable bonds is 4. The molecule has 0 radical (unpaired) electrons. The lowest BCUT2D eigenvalue weighted by atomic mass is 10.2. The van der Waals surface area contributed by atoms with E-state index in [1.807, 2.05) is 6.07 Å². The van der Waals surface area contributed by atoms with Crippen LogP contribution in [0.15, 0.2) is 24.3 Å². The highest BCUT2D eigenvalue weighted by molar-refractivity contribution is 5.33. The van der Waals surface area contributed by atoms with Crippen molar-refractivity contribution in [2.45, 2.75) is 38.4 Å². The molecular weight excluding hydrogens is 206 g/mol. The monoisotopic (exact) mass is 221 g/mol. The van der Waals surface area contributed by atoms with Crippen LogP contribution in [0.1, 0.15) is 31.2 Å². The van der Waals surface area contributed by atoms with Crippen molar-refractivity contribution < 1.29 is 9.66 Å². The van der Waals surface area contributed by atoms with Crippen LogP contribution in [0.4, 0.5) is 5.69 Å². The highest BCUT2D eigenvalue weighted by Crippen LogP contribution is 2.22. The summed E-state index contributed by atoms with van der Waals surface area (Å²) >= 11 is 0. The van der Waals surface area contributed by atoms with Gasteiger partial charge in [0.1, 0.15) is 0 Å². The molecule has 16 heavy (non-hydrogen) atoms. The highest BCUT2D eigenvalue weighted by atomic mass is 16.6. The van der Waals surface area contributed by atoms with Crippen molar-refractivity contribution in [1.82, 2.24) is 0 Å². The fourth-order valence-electron chi connectivity index (χ4n) is 2.03. The van der Waals surface area contributed by atoms with Gasteiger partial charge in [0.05, 0.1) is 17.6 Å². The van der Waals surface area contributed by atoms with Crippen LogP contribution in [-0.2, 0) is 11.3 Å². The van der Waals surface area contributed by atoms with Gasteiger partial charge >= 0.3 is 0 Å². The van der Waals surface area contributed by atoms with Crippen LogP contribution in [0.25, 0.3) is 0 Å². The second-order valence-electron chi connectivity index (χ2n) is 4.14. The third-order valence-electron chi connectivity index (χ3n) is 2.91. The lowest BCUT2D eigenvalue weighted by Gasteiger charge is -2.10. The minimum Gasteiger partial charge on any atom is -0.374 e. The van der Waals surface area contributed by atoms with Crippen LogP contribution >= 0.6 is 0 Å². The highest BCUT2D eigenvalue weighted by Gasteiger charge is 2.15. The van der Waals surface area contributed by atoms with Crippen LogP contribution in [0.5, 0.6) is 0 Å². The molecule has 0 atom stereocenters. The molecule has 4 nitrogen and oxygen atoms in total. The molecule has 1 fully saturated rings. The molecule has 1 aliphatic carbocycles. The van der Waals surface area contributed by atoms with Gasteiger partial charge in [-0.1, -0.05) is 25.0 Å². The number of ether oxygens (including phenoxy) is 1. The fraction of sp³-hybridized carbons (Fsp3) is 0.500. The Bertz CT molecular complexity index is 372. The van der Waals surface area contributed by atoms with Gasteiger partial charge in [0.25, 0.3) is 5.69 Å². The zero-order valence-electron chi connectivity index (χ0n) is 9.09. The number of nitro groups is 1. The molecule has 1 saturated carbocycles. The van der Waals surface area contributed by atoms with Crippen LogP contribution in [0.2, 0.25) is 0 Å². The van der Waals surface area contributed by atoms with Crippen molar-refractivity contribution in [1.29, 1.82) is 0 Å². The van der Waals surface area contributed by atoms with E-state index < -0.39 is 0 Å². The first kappa shape index (κ1) is 11.1. The van der Waals surface area contributed by atoms with Gasteiger partial charge in [-0.05, 0) is 18.4 Å². The van der Waals surface area contributed by atoms with E-state index in [9.17, 15) is 10.1 Å². The summed E-state index contributed by atoms with van der Waals surface area (Å²) in [5, 5.41) is 10.6. The van der Waals surface area contributed by atoms with Crippen LogP contribution in [-0.4, -0.2) is 11.0 Å². The van der Waals surface area contributed by atoms with Crippen molar-refractivity contribution >= 4 is 5.69 Å². The SMILES string of the molecule is O=[N+]([O-])c1cccc(COC2CCCC2)c1. The van der Waals surface area contributed by atoms with E-state index in [0.29, 0.717) is 12.7 Å². The Morgan fingerprint density at radius 1 is 1.38 bits per heavy atom. The van der Waals surface area contributed by atoms with E-state index >= 15 is 0 Å². The predicted molar refractivity (Wildman–Crippen MR) is 60.1 cm³/mol. The first-order valence-corrected chi connectivity index (χ1v) is 5.60. The lowest BCUT2D eigenvalue weighted by molar-refractivity contribution is -0.385. The summed E-state index contributed by atoms with van der Waals surface area (Å²) in [5.74, 6) is 0. The second-order valence-corrected chi connectivity index (χ2v) is 4.14. The molecule has 0 aliphatic heterocycles. The zero-order chi connectivity index (χ0) is 11.4. The molecule has 1 aromatic rings. The Hall–Kier alpha value is -1.42. The number of nitrogens with zero attached hydrogens (tertiary/aromatic N) is 1. The largest absolute Gasteiger partial charge is 0.374 e. The maximum atomic E-state index is 10.6. The summed E-state index contributed by atoms with van der Waals surface area (Å²) in [6.07, 6.45) is 5.06. The van der Waals surface area contributed by atoms with Crippen LogP contribution in [0.3, 0.4) is 0 Å². The van der Waals surface area contributed by atoms with E-state index in [-0.39, 0.29) is 10.6 Å². The Morgan fingerprint density at radius 3 is 2.81 bits per heavy atom. The number of hydrogen-bond donors (Lipinski definition) is 0. The maximum absolute atomic E-state index is 10.6. The van der Waals surface area contributed by atoms with Crippen LogP contribution < -0.4 is 0 Å². The van der Waals surface area contributed by atoms with Gasteiger partial charge < -0.3 is 4.74 Å². The standard InChI is InChI=1S/C12H15NO3/c14-13(15)11-5-3-4-10(8-11)9-16-12-6-1-2-7-12/h3-5,8,12H,1-2,6-7,9H2. The van der Waals surface area contributed by atoms with Crippen molar-refractivity contribution in [3.63, 3.8) is 0 Å². The molecule has 0 aromatic heterocycles. The Labute approximate surface area is 94.4 Å². The molecule has 86 valence electrons. The van der Waals surface area contributed by atoms with Crippen molar-refractivity contribution in [3.05, 3.63) is 39.9 Å². The molecule has 0 heterocycles. The zero-order valence-corrected chi connectivity index (χ0v) is 9.09. The first-order chi connectivity index (χ1) is 7.75. The van der Waals surface area contributed by atoms with Gasteiger partial charge in [0.15, 0.2) is 0 Å². The summed E-state index contributed by atoms with van der Waals surface area (Å²) in [6, 6.07) is 6.64. The molecule has 0 amide bonds. The molecule has 0 unspecified atom stereocenters. The van der Waals surface area contributed by atoms with E-state index in [1.54, 1.807) is 12.1 Å². The molecule has 1 aromatic carbocycles. The molecular formula is C12H15NO3. The molecule has 2 rings (SSSR count). The Kier molecular flexibility index (Phi) is 3.51. The maximum Gasteiger partial charge on any atom is 0.269 e. The number of benzene rings is 1. The van der Waals surface area contributed by atoms with E-state index in [4.69, 9.17) is 4.74 Å². The van der Waals surface area contributed by atoms with E-state index in [1.165, 1.54) is 18.9 Å². The first-order valence-electron chi connectivity index (χ1n) is 5.60. The molecule has 0 bridgehead atoms. The fourth-order valence-corrected chi connectivity index (χ4v) is 2.03. The second kappa shape index (κ2) is 5.07. The summed E-state index contributed by atoms with van der Waals surface area (Å²) in [7, 11) is 0. The molecule has 1 aliphatic rings. The summed E-state index contributed by atoms with van der Waals surface area (Å²) in [6.45, 7) is 0.479. The quantitative estimate of drug-likeness (QED) is 0.580. The van der Waals surface area contributed by atoms with Crippen molar-refractivity contribution in [2.75, 3.05) is 0 Å². The average Bonchev–Trinajstić information content (AvgIpc) is 2.79. The Balaban J connectivity index is 1.93. The Morgan fingerprint density at radius 2 is 2.12 bits per heavy atom. The summed E-state index contributed by atoms with van der Waals surface area (Å²) < 4.78 is 5.70. The van der Waals surface area contributed by atoms with Gasteiger partial charge in [-0.3, -0.25) is 10.1 Å². The van der Waals surface area contributed by atoms with Crippen molar-refractivity contribution in [2.24, 2.45) is 0 Å². The number of hydrogen-bond acceptors (Lipinski definition) is 3. The minimum absolute atomic E-state index is 0.132. The van der Waals surface area contributed by atoms with Gasteiger partial charge in [-0.2, -0.15) is 0 Å². The lowest BCUT2D eigenvalue weighted by Crippen LogP contribution is -2.07. The van der Waals surface area contributed by atoms with Gasteiger partial charge in [-0.15, -0.1) is 0 Å². The molecule has 4 heteroatoms. The predicted octanol–water partition coefficient (Wildman–Crippen LogP) is 3.05. The third-order valence-corrected chi connectivity index (χ3v) is 2.91. The average molecular weight is 221 g/mol. The molecule has 0 N–H and O–H groups in total. The summed E-state index contributed by atoms with van der Waals surface area (Å²) in [4.78, 5) is 10.2. The number of non-ortho nitro benzene ring substituents is 1. The van der Waals surface area contributed by atoms with Gasteiger partial charge in [0, 0.05) is 12.1 Å². The van der Waals surface area contributed by atoms with E-state index in [0.717, 1.165) is 18.4 Å². The molecule has 0 spiro atoms. The summed E-state index contributed by atoms with van der Waals surface area (Å²) in [5.41, 5.74) is 1.01. The smallest absolute Gasteiger partial charge is 0.269 e. The van der Waals surface area contributed by atoms with Crippen LogP contribution in [0, 0.1) is 10.1 Å². The molecule has 0 saturated heterocycles. The minimum atomic E-state index is -0.376.